The molecule has 0 radical (unpaired) electrons. The van der Waals surface area contributed by atoms with E-state index in [1.807, 2.05) is 18.3 Å². The molecule has 5 nitrogen and oxygen atoms in total. The molecular weight excluding hydrogens is 266 g/mol. The highest BCUT2D eigenvalue weighted by Gasteiger charge is 2.23. The van der Waals surface area contributed by atoms with E-state index in [-0.39, 0.29) is 6.10 Å². The van der Waals surface area contributed by atoms with Crippen LogP contribution in [0.5, 0.6) is 5.75 Å². The molecule has 0 spiro atoms. The standard InChI is InChI=1S/C16H17N3O2/c1-2-14-13(4-7-17-14)15(3-1)21-12-5-9-19(10-6-12)16-18-8-11-20-16/h1-4,7-8,11-12,17H,5-6,9-10H2. The fourth-order valence-electron chi connectivity index (χ4n) is 2.88. The van der Waals surface area contributed by atoms with Crippen molar-refractivity contribution in [3.8, 4) is 5.75 Å². The molecular formula is C16H17N3O2. The maximum atomic E-state index is 6.19. The summed E-state index contributed by atoms with van der Waals surface area (Å²) in [6, 6.07) is 8.90. The molecule has 1 fully saturated rings. The molecule has 3 heterocycles. The minimum Gasteiger partial charge on any atom is -0.490 e. The van der Waals surface area contributed by atoms with E-state index >= 15 is 0 Å². The van der Waals surface area contributed by atoms with Gasteiger partial charge in [-0.15, -0.1) is 0 Å². The number of aromatic nitrogens is 2. The minimum absolute atomic E-state index is 0.247. The number of fused-ring (bicyclic) bond motifs is 1. The Hall–Kier alpha value is -2.43. The Kier molecular flexibility index (Phi) is 3.03. The highest BCUT2D eigenvalue weighted by Crippen LogP contribution is 2.28. The number of rotatable bonds is 3. The highest BCUT2D eigenvalue weighted by molar-refractivity contribution is 5.85. The van der Waals surface area contributed by atoms with E-state index in [9.17, 15) is 0 Å². The van der Waals surface area contributed by atoms with Crippen LogP contribution in [0.1, 0.15) is 12.8 Å². The van der Waals surface area contributed by atoms with Gasteiger partial charge in [0.15, 0.2) is 0 Å². The summed E-state index contributed by atoms with van der Waals surface area (Å²) in [7, 11) is 0. The third-order valence-corrected chi connectivity index (χ3v) is 3.98. The molecule has 0 atom stereocenters. The van der Waals surface area contributed by atoms with Crippen molar-refractivity contribution in [3.05, 3.63) is 42.9 Å². The summed E-state index contributed by atoms with van der Waals surface area (Å²) in [6.07, 6.45) is 7.45. The Labute approximate surface area is 122 Å². The van der Waals surface area contributed by atoms with Gasteiger partial charge in [0.05, 0.1) is 6.20 Å². The number of anilines is 1. The second-order valence-corrected chi connectivity index (χ2v) is 5.31. The first-order valence-corrected chi connectivity index (χ1v) is 7.27. The number of ether oxygens (including phenoxy) is 1. The van der Waals surface area contributed by atoms with Crippen molar-refractivity contribution in [1.82, 2.24) is 9.97 Å². The first-order valence-electron chi connectivity index (χ1n) is 7.27. The van der Waals surface area contributed by atoms with Crippen LogP contribution in [0.15, 0.2) is 47.3 Å². The zero-order chi connectivity index (χ0) is 14.1. The molecule has 4 rings (SSSR count). The van der Waals surface area contributed by atoms with Crippen molar-refractivity contribution in [2.75, 3.05) is 18.0 Å². The molecule has 0 bridgehead atoms. The lowest BCUT2D eigenvalue weighted by molar-refractivity contribution is 0.171. The Bertz CT molecular complexity index is 712. The summed E-state index contributed by atoms with van der Waals surface area (Å²) in [4.78, 5) is 9.57. The second-order valence-electron chi connectivity index (χ2n) is 5.31. The van der Waals surface area contributed by atoms with Crippen molar-refractivity contribution >= 4 is 16.9 Å². The van der Waals surface area contributed by atoms with Gasteiger partial charge in [-0.05, 0) is 18.2 Å². The number of oxazole rings is 1. The summed E-state index contributed by atoms with van der Waals surface area (Å²) in [5.41, 5.74) is 1.12. The molecule has 0 unspecified atom stereocenters. The molecule has 0 amide bonds. The van der Waals surface area contributed by atoms with Crippen LogP contribution in [-0.2, 0) is 0 Å². The summed E-state index contributed by atoms with van der Waals surface area (Å²) in [6.45, 7) is 1.82. The largest absolute Gasteiger partial charge is 0.490 e. The molecule has 1 aromatic carbocycles. The molecule has 21 heavy (non-hydrogen) atoms. The van der Waals surface area contributed by atoms with Crippen LogP contribution in [0, 0.1) is 0 Å². The number of piperidine rings is 1. The number of aromatic amines is 1. The third kappa shape index (κ3) is 2.35. The molecule has 0 saturated carbocycles. The van der Waals surface area contributed by atoms with Crippen LogP contribution in [0.3, 0.4) is 0 Å². The average molecular weight is 283 g/mol. The normalized spacial score (nSPS) is 16.5. The third-order valence-electron chi connectivity index (χ3n) is 3.98. The van der Waals surface area contributed by atoms with Crippen molar-refractivity contribution in [2.45, 2.75) is 18.9 Å². The van der Waals surface area contributed by atoms with Gasteiger partial charge in [-0.25, -0.2) is 4.98 Å². The van der Waals surface area contributed by atoms with Gasteiger partial charge < -0.3 is 19.0 Å². The number of benzene rings is 1. The molecule has 108 valence electrons. The molecule has 1 saturated heterocycles. The van der Waals surface area contributed by atoms with Gasteiger partial charge in [0.1, 0.15) is 18.1 Å². The Morgan fingerprint density at radius 1 is 1.24 bits per heavy atom. The van der Waals surface area contributed by atoms with Crippen molar-refractivity contribution in [3.63, 3.8) is 0 Å². The van der Waals surface area contributed by atoms with Crippen molar-refractivity contribution in [2.24, 2.45) is 0 Å². The van der Waals surface area contributed by atoms with E-state index in [0.717, 1.165) is 42.6 Å². The molecule has 5 heteroatoms. The van der Waals surface area contributed by atoms with E-state index in [4.69, 9.17) is 9.15 Å². The van der Waals surface area contributed by atoms with Gasteiger partial charge in [-0.3, -0.25) is 0 Å². The zero-order valence-electron chi connectivity index (χ0n) is 11.7. The lowest BCUT2D eigenvalue weighted by atomic mass is 10.1. The van der Waals surface area contributed by atoms with E-state index in [1.165, 1.54) is 0 Å². The van der Waals surface area contributed by atoms with Gasteiger partial charge >= 0.3 is 0 Å². The van der Waals surface area contributed by atoms with E-state index in [0.29, 0.717) is 6.01 Å². The van der Waals surface area contributed by atoms with Gasteiger partial charge in [0.25, 0.3) is 6.01 Å². The fraction of sp³-hybridized carbons (Fsp3) is 0.312. The van der Waals surface area contributed by atoms with Gasteiger partial charge in [0.2, 0.25) is 0 Å². The fourth-order valence-corrected chi connectivity index (χ4v) is 2.88. The molecule has 2 aromatic heterocycles. The quantitative estimate of drug-likeness (QED) is 0.802. The molecule has 1 N–H and O–H groups in total. The Morgan fingerprint density at radius 2 is 2.14 bits per heavy atom. The maximum Gasteiger partial charge on any atom is 0.297 e. The van der Waals surface area contributed by atoms with Crippen LogP contribution >= 0.6 is 0 Å². The second kappa shape index (κ2) is 5.16. The monoisotopic (exact) mass is 283 g/mol. The van der Waals surface area contributed by atoms with E-state index < -0.39 is 0 Å². The maximum absolute atomic E-state index is 6.19. The summed E-state index contributed by atoms with van der Waals surface area (Å²) in [5, 5.41) is 1.15. The Balaban J connectivity index is 1.44. The summed E-state index contributed by atoms with van der Waals surface area (Å²) >= 11 is 0. The van der Waals surface area contributed by atoms with Crippen LogP contribution in [-0.4, -0.2) is 29.2 Å². The van der Waals surface area contributed by atoms with Crippen LogP contribution in [0.4, 0.5) is 6.01 Å². The first-order chi connectivity index (χ1) is 10.4. The smallest absolute Gasteiger partial charge is 0.297 e. The van der Waals surface area contributed by atoms with E-state index in [1.54, 1.807) is 12.5 Å². The lowest BCUT2D eigenvalue weighted by Gasteiger charge is -2.31. The summed E-state index contributed by atoms with van der Waals surface area (Å²) in [5.74, 6) is 0.961. The van der Waals surface area contributed by atoms with Crippen LogP contribution < -0.4 is 9.64 Å². The van der Waals surface area contributed by atoms with Crippen molar-refractivity contribution < 1.29 is 9.15 Å². The van der Waals surface area contributed by atoms with Crippen molar-refractivity contribution in [1.29, 1.82) is 0 Å². The number of nitrogens with zero attached hydrogens (tertiary/aromatic N) is 2. The Morgan fingerprint density at radius 3 is 2.95 bits per heavy atom. The minimum atomic E-state index is 0.247. The highest BCUT2D eigenvalue weighted by atomic mass is 16.5. The van der Waals surface area contributed by atoms with Gasteiger partial charge in [-0.2, -0.15) is 0 Å². The zero-order valence-corrected chi connectivity index (χ0v) is 11.7. The van der Waals surface area contributed by atoms with Crippen LogP contribution in [0.2, 0.25) is 0 Å². The summed E-state index contributed by atoms with van der Waals surface area (Å²) < 4.78 is 11.5. The molecule has 0 aliphatic carbocycles. The predicted molar refractivity (Wildman–Crippen MR) is 80.7 cm³/mol. The number of H-pyrrole nitrogens is 1. The molecule has 1 aliphatic rings. The number of hydrogen-bond donors (Lipinski definition) is 1. The lowest BCUT2D eigenvalue weighted by Crippen LogP contribution is -2.38. The number of hydrogen-bond acceptors (Lipinski definition) is 4. The van der Waals surface area contributed by atoms with E-state index in [2.05, 4.69) is 27.0 Å². The number of nitrogens with one attached hydrogen (secondary N) is 1. The molecule has 3 aromatic rings. The predicted octanol–water partition coefficient (Wildman–Crippen LogP) is 3.20. The van der Waals surface area contributed by atoms with Crippen LogP contribution in [0.25, 0.3) is 10.9 Å². The average Bonchev–Trinajstić information content (AvgIpc) is 3.20. The van der Waals surface area contributed by atoms with Gasteiger partial charge in [0, 0.05) is 43.0 Å². The topological polar surface area (TPSA) is 54.3 Å². The first kappa shape index (κ1) is 12.3. The SMILES string of the molecule is c1cc(OC2CCN(c3ncco3)CC2)c2cc[nH]c2c1. The van der Waals surface area contributed by atoms with Gasteiger partial charge in [-0.1, -0.05) is 6.07 Å². The molecule has 1 aliphatic heterocycles.